The van der Waals surface area contributed by atoms with E-state index in [1.807, 2.05) is 0 Å². The Morgan fingerprint density at radius 3 is 2.79 bits per heavy atom. The molecule has 1 aliphatic heterocycles. The Labute approximate surface area is 116 Å². The molecule has 3 heteroatoms. The van der Waals surface area contributed by atoms with Crippen LogP contribution in [0, 0.1) is 0 Å². The van der Waals surface area contributed by atoms with E-state index in [1.165, 1.54) is 24.8 Å². The molecule has 1 saturated heterocycles. The summed E-state index contributed by atoms with van der Waals surface area (Å²) in [5.74, 6) is 0.917. The second-order valence-electron chi connectivity index (χ2n) is 5.51. The monoisotopic (exact) mass is 262 g/mol. The van der Waals surface area contributed by atoms with Gasteiger partial charge in [-0.25, -0.2) is 0 Å². The van der Waals surface area contributed by atoms with E-state index in [9.17, 15) is 0 Å². The smallest absolute Gasteiger partial charge is 0.123 e. The van der Waals surface area contributed by atoms with E-state index >= 15 is 0 Å². The van der Waals surface area contributed by atoms with E-state index in [2.05, 4.69) is 36.9 Å². The van der Waals surface area contributed by atoms with Crippen LogP contribution in [0.15, 0.2) is 18.2 Å². The molecular formula is C16H26N2O. The molecule has 1 heterocycles. The minimum absolute atomic E-state index is 0.529. The van der Waals surface area contributed by atoms with E-state index in [-0.39, 0.29) is 0 Å². The van der Waals surface area contributed by atoms with Crippen LogP contribution < -0.4 is 10.5 Å². The summed E-state index contributed by atoms with van der Waals surface area (Å²) in [6.45, 7) is 6.16. The van der Waals surface area contributed by atoms with Crippen LogP contribution in [0.1, 0.15) is 44.2 Å². The average molecular weight is 262 g/mol. The summed E-state index contributed by atoms with van der Waals surface area (Å²) in [5, 5.41) is 0. The quantitative estimate of drug-likeness (QED) is 0.886. The summed E-state index contributed by atoms with van der Waals surface area (Å²) in [4.78, 5) is 2.62. The van der Waals surface area contributed by atoms with Gasteiger partial charge in [0.05, 0.1) is 7.11 Å². The zero-order valence-electron chi connectivity index (χ0n) is 12.4. The van der Waals surface area contributed by atoms with Crippen molar-refractivity contribution in [1.82, 2.24) is 4.90 Å². The summed E-state index contributed by atoms with van der Waals surface area (Å²) >= 11 is 0. The van der Waals surface area contributed by atoms with E-state index < -0.39 is 0 Å². The van der Waals surface area contributed by atoms with Gasteiger partial charge >= 0.3 is 0 Å². The minimum Gasteiger partial charge on any atom is -0.496 e. The van der Waals surface area contributed by atoms with Gasteiger partial charge in [0.25, 0.3) is 0 Å². The molecule has 2 rings (SSSR count). The molecule has 0 amide bonds. The van der Waals surface area contributed by atoms with Crippen molar-refractivity contribution in [2.24, 2.45) is 5.73 Å². The largest absolute Gasteiger partial charge is 0.496 e. The van der Waals surface area contributed by atoms with Gasteiger partial charge in [-0.05, 0) is 37.8 Å². The van der Waals surface area contributed by atoms with E-state index in [0.29, 0.717) is 12.6 Å². The van der Waals surface area contributed by atoms with E-state index in [4.69, 9.17) is 10.5 Å². The van der Waals surface area contributed by atoms with Crippen molar-refractivity contribution in [2.45, 2.75) is 58.3 Å². The summed E-state index contributed by atoms with van der Waals surface area (Å²) in [7, 11) is 1.71. The predicted molar refractivity (Wildman–Crippen MR) is 79.2 cm³/mol. The molecule has 0 aliphatic carbocycles. The topological polar surface area (TPSA) is 38.5 Å². The second kappa shape index (κ2) is 6.40. The Hall–Kier alpha value is -1.06. The molecule has 1 aromatic rings. The van der Waals surface area contributed by atoms with Crippen LogP contribution in [0.2, 0.25) is 0 Å². The van der Waals surface area contributed by atoms with Gasteiger partial charge in [0, 0.05) is 30.7 Å². The highest BCUT2D eigenvalue weighted by Crippen LogP contribution is 2.29. The lowest BCUT2D eigenvalue weighted by atomic mass is 10.1. The first-order chi connectivity index (χ1) is 9.19. The Balaban J connectivity index is 2.14. The van der Waals surface area contributed by atoms with Gasteiger partial charge in [-0.15, -0.1) is 0 Å². The molecule has 2 atom stereocenters. The number of ether oxygens (including phenoxy) is 1. The zero-order valence-corrected chi connectivity index (χ0v) is 12.4. The molecule has 1 fully saturated rings. The first kappa shape index (κ1) is 14.4. The third kappa shape index (κ3) is 3.10. The number of hydrogen-bond donors (Lipinski definition) is 1. The van der Waals surface area contributed by atoms with Crippen molar-refractivity contribution in [3.8, 4) is 5.75 Å². The van der Waals surface area contributed by atoms with Crippen molar-refractivity contribution in [1.29, 1.82) is 0 Å². The maximum absolute atomic E-state index is 5.72. The van der Waals surface area contributed by atoms with Crippen molar-refractivity contribution < 1.29 is 4.74 Å². The fourth-order valence-electron chi connectivity index (χ4n) is 3.12. The first-order valence-corrected chi connectivity index (χ1v) is 7.31. The van der Waals surface area contributed by atoms with Gasteiger partial charge in [-0.3, -0.25) is 4.90 Å². The van der Waals surface area contributed by atoms with Crippen molar-refractivity contribution in [2.75, 3.05) is 7.11 Å². The molecule has 106 valence electrons. The van der Waals surface area contributed by atoms with Crippen LogP contribution in [0.25, 0.3) is 0 Å². The fraction of sp³-hybridized carbons (Fsp3) is 0.625. The Bertz CT molecular complexity index is 419. The van der Waals surface area contributed by atoms with E-state index in [0.717, 1.165) is 23.9 Å². The second-order valence-corrected chi connectivity index (χ2v) is 5.51. The number of nitrogens with two attached hydrogens (primary N) is 1. The van der Waals surface area contributed by atoms with Gasteiger partial charge < -0.3 is 10.5 Å². The molecule has 0 spiro atoms. The Morgan fingerprint density at radius 1 is 1.37 bits per heavy atom. The zero-order chi connectivity index (χ0) is 13.8. The Morgan fingerprint density at radius 2 is 2.16 bits per heavy atom. The first-order valence-electron chi connectivity index (χ1n) is 7.31. The molecule has 2 N–H and O–H groups in total. The molecule has 2 unspecified atom stereocenters. The van der Waals surface area contributed by atoms with Crippen LogP contribution in [-0.2, 0) is 13.1 Å². The number of likely N-dealkylation sites (tertiary alicyclic amines) is 1. The lowest BCUT2D eigenvalue weighted by molar-refractivity contribution is 0.189. The molecule has 3 nitrogen and oxygen atoms in total. The van der Waals surface area contributed by atoms with Crippen LogP contribution in [0.4, 0.5) is 0 Å². The standard InChI is InChI=1S/C16H26N2O/c1-4-15-8-5-12(2)18(15)11-13-6-7-14(10-17)16(9-13)19-3/h6-7,9,12,15H,4-5,8,10-11,17H2,1-3H3. The summed E-state index contributed by atoms with van der Waals surface area (Å²) in [6.07, 6.45) is 3.88. The predicted octanol–water partition coefficient (Wildman–Crippen LogP) is 2.92. The van der Waals surface area contributed by atoms with Gasteiger partial charge in [0.1, 0.15) is 5.75 Å². The summed E-state index contributed by atoms with van der Waals surface area (Å²) in [6, 6.07) is 7.83. The molecule has 0 bridgehead atoms. The SMILES string of the molecule is CCC1CCC(C)N1Cc1ccc(CN)c(OC)c1. The summed E-state index contributed by atoms with van der Waals surface area (Å²) < 4.78 is 5.42. The third-order valence-electron chi connectivity index (χ3n) is 4.36. The highest BCUT2D eigenvalue weighted by Gasteiger charge is 2.29. The molecule has 19 heavy (non-hydrogen) atoms. The molecule has 1 aliphatic rings. The van der Waals surface area contributed by atoms with Crippen molar-refractivity contribution in [3.63, 3.8) is 0 Å². The van der Waals surface area contributed by atoms with Crippen molar-refractivity contribution in [3.05, 3.63) is 29.3 Å². The molecule has 1 aromatic carbocycles. The lowest BCUT2D eigenvalue weighted by Gasteiger charge is -2.28. The number of benzene rings is 1. The maximum atomic E-state index is 5.72. The molecule has 0 aromatic heterocycles. The third-order valence-corrected chi connectivity index (χ3v) is 4.36. The minimum atomic E-state index is 0.529. The van der Waals surface area contributed by atoms with Crippen LogP contribution in [0.5, 0.6) is 5.75 Å². The highest BCUT2D eigenvalue weighted by atomic mass is 16.5. The van der Waals surface area contributed by atoms with Crippen LogP contribution in [0.3, 0.4) is 0 Å². The van der Waals surface area contributed by atoms with E-state index in [1.54, 1.807) is 7.11 Å². The molecule has 0 saturated carbocycles. The molecule has 0 radical (unpaired) electrons. The van der Waals surface area contributed by atoms with Crippen molar-refractivity contribution >= 4 is 0 Å². The maximum Gasteiger partial charge on any atom is 0.123 e. The molecular weight excluding hydrogens is 236 g/mol. The normalized spacial score (nSPS) is 23.8. The number of nitrogens with zero attached hydrogens (tertiary/aromatic N) is 1. The fourth-order valence-corrected chi connectivity index (χ4v) is 3.12. The lowest BCUT2D eigenvalue weighted by Crippen LogP contribution is -2.33. The average Bonchev–Trinajstić information content (AvgIpc) is 2.79. The van der Waals surface area contributed by atoms with Gasteiger partial charge in [-0.2, -0.15) is 0 Å². The van der Waals surface area contributed by atoms with Gasteiger partial charge in [-0.1, -0.05) is 19.1 Å². The van der Waals surface area contributed by atoms with Gasteiger partial charge in [0.15, 0.2) is 0 Å². The highest BCUT2D eigenvalue weighted by molar-refractivity contribution is 5.37. The number of methoxy groups -OCH3 is 1. The number of hydrogen-bond acceptors (Lipinski definition) is 3. The summed E-state index contributed by atoms with van der Waals surface area (Å²) in [5.41, 5.74) is 8.11. The van der Waals surface area contributed by atoms with Crippen LogP contribution >= 0.6 is 0 Å². The Kier molecular flexibility index (Phi) is 4.83. The number of rotatable bonds is 5. The van der Waals surface area contributed by atoms with Crippen LogP contribution in [-0.4, -0.2) is 24.1 Å². The van der Waals surface area contributed by atoms with Gasteiger partial charge in [0.2, 0.25) is 0 Å².